The van der Waals surface area contributed by atoms with Crippen LogP contribution in [-0.4, -0.2) is 19.1 Å². The van der Waals surface area contributed by atoms with Gasteiger partial charge in [0, 0.05) is 5.69 Å². The molecule has 0 fully saturated rings. The van der Waals surface area contributed by atoms with Gasteiger partial charge in [-0.05, 0) is 42.3 Å². The van der Waals surface area contributed by atoms with Crippen molar-refractivity contribution in [3.8, 4) is 5.75 Å². The smallest absolute Gasteiger partial charge is 0.243 e. The van der Waals surface area contributed by atoms with E-state index in [-0.39, 0.29) is 12.5 Å². The number of carbonyl (C=O) groups excluding carboxylic acids is 1. The van der Waals surface area contributed by atoms with E-state index in [2.05, 4.69) is 24.5 Å². The summed E-state index contributed by atoms with van der Waals surface area (Å²) in [6, 6.07) is 12.5. The Labute approximate surface area is 152 Å². The Kier molecular flexibility index (Phi) is 6.76. The molecular formula is C18H20Cl2N2O2. The molecule has 24 heavy (non-hydrogen) atoms. The third kappa shape index (κ3) is 5.62. The van der Waals surface area contributed by atoms with Gasteiger partial charge in [0.1, 0.15) is 5.75 Å². The van der Waals surface area contributed by atoms with Crippen molar-refractivity contribution in [3.63, 3.8) is 0 Å². The lowest BCUT2D eigenvalue weighted by Crippen LogP contribution is -2.21. The van der Waals surface area contributed by atoms with E-state index in [4.69, 9.17) is 27.9 Å². The first kappa shape index (κ1) is 18.4. The Bertz CT molecular complexity index is 688. The van der Waals surface area contributed by atoms with E-state index < -0.39 is 0 Å². The van der Waals surface area contributed by atoms with Gasteiger partial charge in [-0.1, -0.05) is 43.1 Å². The van der Waals surface area contributed by atoms with Gasteiger partial charge in [0.15, 0.2) is 0 Å². The van der Waals surface area contributed by atoms with Crippen LogP contribution in [0, 0.1) is 5.92 Å². The van der Waals surface area contributed by atoms with Crippen molar-refractivity contribution < 1.29 is 9.53 Å². The molecule has 0 radical (unpaired) electrons. The molecule has 0 saturated carbocycles. The van der Waals surface area contributed by atoms with E-state index in [0.717, 1.165) is 5.75 Å². The Morgan fingerprint density at radius 1 is 1.12 bits per heavy atom. The third-order valence-corrected chi connectivity index (χ3v) is 3.93. The molecule has 0 aliphatic carbocycles. The zero-order valence-electron chi connectivity index (χ0n) is 13.6. The molecule has 0 saturated heterocycles. The van der Waals surface area contributed by atoms with Gasteiger partial charge in [0.2, 0.25) is 5.91 Å². The zero-order valence-corrected chi connectivity index (χ0v) is 15.1. The van der Waals surface area contributed by atoms with Crippen LogP contribution >= 0.6 is 23.2 Å². The topological polar surface area (TPSA) is 50.4 Å². The summed E-state index contributed by atoms with van der Waals surface area (Å²) in [6.45, 7) is 4.93. The van der Waals surface area contributed by atoms with Crippen LogP contribution in [0.5, 0.6) is 5.75 Å². The lowest BCUT2D eigenvalue weighted by Gasteiger charge is -2.11. The lowest BCUT2D eigenvalue weighted by atomic mass is 10.2. The monoisotopic (exact) mass is 366 g/mol. The normalized spacial score (nSPS) is 10.5. The Hall–Kier alpha value is -1.91. The van der Waals surface area contributed by atoms with E-state index in [1.807, 2.05) is 12.1 Å². The van der Waals surface area contributed by atoms with Gasteiger partial charge in [0.05, 0.1) is 28.9 Å². The first-order valence-electron chi connectivity index (χ1n) is 7.66. The number of ether oxygens (including phenoxy) is 1. The summed E-state index contributed by atoms with van der Waals surface area (Å²) in [6.07, 6.45) is 0. The molecule has 0 atom stereocenters. The number of hydrogen-bond donors (Lipinski definition) is 2. The fourth-order valence-electron chi connectivity index (χ4n) is 1.92. The van der Waals surface area contributed by atoms with Crippen LogP contribution < -0.4 is 15.4 Å². The van der Waals surface area contributed by atoms with Crippen molar-refractivity contribution in [1.82, 2.24) is 0 Å². The summed E-state index contributed by atoms with van der Waals surface area (Å²) in [5, 5.41) is 6.62. The van der Waals surface area contributed by atoms with Gasteiger partial charge in [-0.25, -0.2) is 0 Å². The predicted molar refractivity (Wildman–Crippen MR) is 100 cm³/mol. The molecule has 2 N–H and O–H groups in total. The highest BCUT2D eigenvalue weighted by molar-refractivity contribution is 6.43. The summed E-state index contributed by atoms with van der Waals surface area (Å²) in [7, 11) is 0. The molecule has 0 aromatic heterocycles. The van der Waals surface area contributed by atoms with Gasteiger partial charge in [-0.15, -0.1) is 0 Å². The standard InChI is InChI=1S/C18H20Cl2N2O2/c1-12(2)11-24-14-8-6-13(7-9-14)22-17(23)10-21-16-5-3-4-15(19)18(16)20/h3-9,12,21H,10-11H2,1-2H3,(H,22,23). The van der Waals surface area contributed by atoms with Crippen molar-refractivity contribution in [2.24, 2.45) is 5.92 Å². The minimum atomic E-state index is -0.179. The van der Waals surface area contributed by atoms with E-state index in [1.165, 1.54) is 0 Å². The number of nitrogens with one attached hydrogen (secondary N) is 2. The maximum absolute atomic E-state index is 12.0. The first-order valence-corrected chi connectivity index (χ1v) is 8.42. The quantitative estimate of drug-likeness (QED) is 0.718. The van der Waals surface area contributed by atoms with E-state index in [1.54, 1.807) is 30.3 Å². The molecule has 6 heteroatoms. The van der Waals surface area contributed by atoms with Gasteiger partial charge in [-0.3, -0.25) is 4.79 Å². The Morgan fingerprint density at radius 3 is 2.50 bits per heavy atom. The van der Waals surface area contributed by atoms with Crippen molar-refractivity contribution >= 4 is 40.5 Å². The van der Waals surface area contributed by atoms with E-state index in [0.29, 0.717) is 33.9 Å². The van der Waals surface area contributed by atoms with Gasteiger partial charge >= 0.3 is 0 Å². The van der Waals surface area contributed by atoms with Crippen LogP contribution in [0.25, 0.3) is 0 Å². The SMILES string of the molecule is CC(C)COc1ccc(NC(=O)CNc2cccc(Cl)c2Cl)cc1. The maximum Gasteiger partial charge on any atom is 0.243 e. The molecule has 0 bridgehead atoms. The van der Waals surface area contributed by atoms with Crippen LogP contribution in [0.2, 0.25) is 10.0 Å². The third-order valence-electron chi connectivity index (χ3n) is 3.11. The van der Waals surface area contributed by atoms with Crippen LogP contribution in [0.4, 0.5) is 11.4 Å². The molecule has 2 aromatic rings. The number of benzene rings is 2. The summed E-state index contributed by atoms with van der Waals surface area (Å²) in [5.41, 5.74) is 1.33. The number of anilines is 2. The van der Waals surface area contributed by atoms with Crippen molar-refractivity contribution in [3.05, 3.63) is 52.5 Å². The number of carbonyl (C=O) groups is 1. The highest BCUT2D eigenvalue weighted by Crippen LogP contribution is 2.29. The number of halogens is 2. The summed E-state index contributed by atoms with van der Waals surface area (Å²) in [4.78, 5) is 12.0. The van der Waals surface area contributed by atoms with Gasteiger partial charge in [-0.2, -0.15) is 0 Å². The van der Waals surface area contributed by atoms with Crippen molar-refractivity contribution in [2.75, 3.05) is 23.8 Å². The molecule has 4 nitrogen and oxygen atoms in total. The fraction of sp³-hybridized carbons (Fsp3) is 0.278. The summed E-state index contributed by atoms with van der Waals surface area (Å²) in [5.74, 6) is 1.07. The zero-order chi connectivity index (χ0) is 17.5. The molecule has 0 aliphatic heterocycles. The Balaban J connectivity index is 1.85. The highest BCUT2D eigenvalue weighted by atomic mass is 35.5. The minimum Gasteiger partial charge on any atom is -0.493 e. The molecule has 2 rings (SSSR count). The second-order valence-electron chi connectivity index (χ2n) is 5.73. The summed E-state index contributed by atoms with van der Waals surface area (Å²) >= 11 is 12.0. The van der Waals surface area contributed by atoms with Gasteiger partial charge in [0.25, 0.3) is 0 Å². The average molecular weight is 367 g/mol. The van der Waals surface area contributed by atoms with E-state index in [9.17, 15) is 4.79 Å². The molecule has 0 heterocycles. The van der Waals surface area contributed by atoms with Crippen molar-refractivity contribution in [1.29, 1.82) is 0 Å². The second kappa shape index (κ2) is 8.81. The molecule has 0 unspecified atom stereocenters. The number of hydrogen-bond acceptors (Lipinski definition) is 3. The summed E-state index contributed by atoms with van der Waals surface area (Å²) < 4.78 is 5.60. The second-order valence-corrected chi connectivity index (χ2v) is 6.52. The van der Waals surface area contributed by atoms with Crippen LogP contribution in [0.15, 0.2) is 42.5 Å². The minimum absolute atomic E-state index is 0.0890. The molecule has 2 aromatic carbocycles. The van der Waals surface area contributed by atoms with E-state index >= 15 is 0 Å². The number of amides is 1. The number of rotatable bonds is 7. The Morgan fingerprint density at radius 2 is 1.83 bits per heavy atom. The predicted octanol–water partition coefficient (Wildman–Crippen LogP) is 5.08. The fourth-order valence-corrected chi connectivity index (χ4v) is 2.29. The molecule has 1 amide bonds. The van der Waals surface area contributed by atoms with Crippen LogP contribution in [0.3, 0.4) is 0 Å². The molecule has 0 spiro atoms. The van der Waals surface area contributed by atoms with Crippen molar-refractivity contribution in [2.45, 2.75) is 13.8 Å². The molecule has 128 valence electrons. The molecular weight excluding hydrogens is 347 g/mol. The average Bonchev–Trinajstić information content (AvgIpc) is 2.55. The van der Waals surface area contributed by atoms with Gasteiger partial charge < -0.3 is 15.4 Å². The lowest BCUT2D eigenvalue weighted by molar-refractivity contribution is -0.114. The maximum atomic E-state index is 12.0. The highest BCUT2D eigenvalue weighted by Gasteiger charge is 2.07. The van der Waals surface area contributed by atoms with Crippen LogP contribution in [0.1, 0.15) is 13.8 Å². The molecule has 0 aliphatic rings. The largest absolute Gasteiger partial charge is 0.493 e. The first-order chi connectivity index (χ1) is 11.5. The van der Waals surface area contributed by atoms with Crippen LogP contribution in [-0.2, 0) is 4.79 Å².